The van der Waals surface area contributed by atoms with Crippen LogP contribution in [0.1, 0.15) is 27.0 Å². The molecule has 0 bridgehead atoms. The fourth-order valence-electron chi connectivity index (χ4n) is 3.80. The van der Waals surface area contributed by atoms with Gasteiger partial charge in [0.05, 0.1) is 17.7 Å². The van der Waals surface area contributed by atoms with Gasteiger partial charge in [-0.15, -0.1) is 0 Å². The van der Waals surface area contributed by atoms with Gasteiger partial charge in [-0.1, -0.05) is 30.3 Å². The smallest absolute Gasteiger partial charge is 0.380 e. The molecule has 0 aliphatic rings. The Morgan fingerprint density at radius 2 is 1.70 bits per heavy atom. The number of nitrogens with two attached hydrogens (primary N) is 1. The molecule has 0 unspecified atom stereocenters. The molecule has 1 aromatic heterocycles. The summed E-state index contributed by atoms with van der Waals surface area (Å²) >= 11 is 0. The molecule has 0 atom stereocenters. The van der Waals surface area contributed by atoms with Crippen LogP contribution in [0.15, 0.2) is 60.7 Å². The summed E-state index contributed by atoms with van der Waals surface area (Å²) in [6.07, 6.45) is -4.38. The Hall–Kier alpha value is -3.32. The highest BCUT2D eigenvalue weighted by atomic mass is 19.4. The molecular weight excluding hydrogens is 393 g/mol. The number of halogens is 3. The van der Waals surface area contributed by atoms with Crippen molar-refractivity contribution in [3.8, 4) is 0 Å². The maximum atomic E-state index is 12.9. The van der Waals surface area contributed by atoms with Crippen molar-refractivity contribution in [3.63, 3.8) is 0 Å². The van der Waals surface area contributed by atoms with E-state index < -0.39 is 17.6 Å². The van der Waals surface area contributed by atoms with Crippen LogP contribution in [0, 0.1) is 0 Å². The second-order valence-electron chi connectivity index (χ2n) is 7.13. The Balaban J connectivity index is 1.91. The zero-order chi connectivity index (χ0) is 21.5. The van der Waals surface area contributed by atoms with Gasteiger partial charge in [-0.2, -0.15) is 13.2 Å². The number of benzene rings is 3. The van der Waals surface area contributed by atoms with Gasteiger partial charge >= 0.3 is 6.18 Å². The predicted octanol–water partition coefficient (Wildman–Crippen LogP) is 5.11. The summed E-state index contributed by atoms with van der Waals surface area (Å²) < 4.78 is 45.9. The number of nitrogens with zero attached hydrogens (tertiary/aromatic N) is 1. The molecule has 0 saturated carbocycles. The Labute approximate surface area is 170 Å². The van der Waals surface area contributed by atoms with Crippen molar-refractivity contribution in [2.75, 3.05) is 7.11 Å². The molecule has 0 saturated heterocycles. The minimum Gasteiger partial charge on any atom is -0.380 e. The molecular formula is C23H19F3N2O2. The van der Waals surface area contributed by atoms with Crippen LogP contribution in [0.3, 0.4) is 0 Å². The SMILES string of the molecule is COCc1ccc2c3c(C(N)=O)cccc3n(Cc3ccc(C(F)(F)F)cc3)c2c1. The van der Waals surface area contributed by atoms with Crippen molar-refractivity contribution in [1.29, 1.82) is 0 Å². The standard InChI is InChI=1S/C23H19F3N2O2/c1-30-13-15-7-10-17-20(11-15)28(19-4-2-3-18(21(17)19)22(27)29)12-14-5-8-16(9-6-14)23(24,25)26/h2-11H,12-13H2,1H3,(H2,27,29). The van der Waals surface area contributed by atoms with Gasteiger partial charge in [0.2, 0.25) is 5.91 Å². The van der Waals surface area contributed by atoms with Gasteiger partial charge in [-0.3, -0.25) is 4.79 Å². The van der Waals surface area contributed by atoms with E-state index in [2.05, 4.69) is 0 Å². The second-order valence-corrected chi connectivity index (χ2v) is 7.13. The maximum absolute atomic E-state index is 12.9. The van der Waals surface area contributed by atoms with E-state index in [4.69, 9.17) is 10.5 Å². The summed E-state index contributed by atoms with van der Waals surface area (Å²) in [5, 5.41) is 1.59. The van der Waals surface area contributed by atoms with Crippen LogP contribution >= 0.6 is 0 Å². The van der Waals surface area contributed by atoms with Gasteiger partial charge in [0.15, 0.2) is 0 Å². The fourth-order valence-corrected chi connectivity index (χ4v) is 3.80. The third-order valence-electron chi connectivity index (χ3n) is 5.15. The van der Waals surface area contributed by atoms with Crippen molar-refractivity contribution in [3.05, 3.63) is 82.9 Å². The van der Waals surface area contributed by atoms with E-state index in [-0.39, 0.29) is 0 Å². The number of hydrogen-bond donors (Lipinski definition) is 1. The lowest BCUT2D eigenvalue weighted by Crippen LogP contribution is -2.11. The number of ether oxygens (including phenoxy) is 1. The number of carbonyl (C=O) groups is 1. The minimum absolute atomic E-state index is 0.344. The van der Waals surface area contributed by atoms with Gasteiger partial charge in [-0.25, -0.2) is 0 Å². The van der Waals surface area contributed by atoms with E-state index in [0.29, 0.717) is 24.3 Å². The summed E-state index contributed by atoms with van der Waals surface area (Å²) in [5.41, 5.74) is 8.61. The third-order valence-corrected chi connectivity index (χ3v) is 5.15. The van der Waals surface area contributed by atoms with E-state index in [1.807, 2.05) is 28.8 Å². The Morgan fingerprint density at radius 3 is 2.33 bits per heavy atom. The fraction of sp³-hybridized carbons (Fsp3) is 0.174. The molecule has 4 rings (SSSR count). The van der Waals surface area contributed by atoms with Gasteiger partial charge in [0, 0.05) is 35.5 Å². The molecule has 4 nitrogen and oxygen atoms in total. The van der Waals surface area contributed by atoms with Gasteiger partial charge in [0.25, 0.3) is 0 Å². The van der Waals surface area contributed by atoms with Crippen LogP contribution in [0.25, 0.3) is 21.8 Å². The molecule has 30 heavy (non-hydrogen) atoms. The number of amides is 1. The first kappa shape index (κ1) is 20.0. The van der Waals surface area contributed by atoms with Gasteiger partial charge in [-0.05, 0) is 41.5 Å². The van der Waals surface area contributed by atoms with E-state index >= 15 is 0 Å². The van der Waals surface area contributed by atoms with E-state index in [0.717, 1.165) is 39.5 Å². The van der Waals surface area contributed by atoms with Crippen molar-refractivity contribution in [1.82, 2.24) is 4.57 Å². The summed E-state index contributed by atoms with van der Waals surface area (Å²) in [6, 6.07) is 16.2. The summed E-state index contributed by atoms with van der Waals surface area (Å²) in [7, 11) is 1.60. The topological polar surface area (TPSA) is 57.2 Å². The lowest BCUT2D eigenvalue weighted by Gasteiger charge is -2.11. The van der Waals surface area contributed by atoms with E-state index in [1.54, 1.807) is 19.2 Å². The van der Waals surface area contributed by atoms with Crippen molar-refractivity contribution >= 4 is 27.7 Å². The van der Waals surface area contributed by atoms with E-state index in [9.17, 15) is 18.0 Å². The Morgan fingerprint density at radius 1 is 1.00 bits per heavy atom. The monoisotopic (exact) mass is 412 g/mol. The van der Waals surface area contributed by atoms with Crippen LogP contribution in [0.2, 0.25) is 0 Å². The number of primary amides is 1. The average molecular weight is 412 g/mol. The van der Waals surface area contributed by atoms with Crippen LogP contribution in [-0.2, 0) is 24.1 Å². The highest BCUT2D eigenvalue weighted by Gasteiger charge is 2.30. The molecule has 0 spiro atoms. The van der Waals surface area contributed by atoms with Crippen molar-refractivity contribution in [2.45, 2.75) is 19.3 Å². The molecule has 154 valence electrons. The number of fused-ring (bicyclic) bond motifs is 3. The highest BCUT2D eigenvalue weighted by molar-refractivity contribution is 6.17. The number of methoxy groups -OCH3 is 1. The van der Waals surface area contributed by atoms with Crippen LogP contribution in [0.4, 0.5) is 13.2 Å². The van der Waals surface area contributed by atoms with Crippen molar-refractivity contribution in [2.24, 2.45) is 5.73 Å². The highest BCUT2D eigenvalue weighted by Crippen LogP contribution is 2.34. The zero-order valence-corrected chi connectivity index (χ0v) is 16.2. The lowest BCUT2D eigenvalue weighted by molar-refractivity contribution is -0.137. The van der Waals surface area contributed by atoms with E-state index in [1.165, 1.54) is 12.1 Å². The number of rotatable bonds is 5. The molecule has 0 aliphatic carbocycles. The predicted molar refractivity (Wildman–Crippen MR) is 109 cm³/mol. The number of hydrogen-bond acceptors (Lipinski definition) is 2. The van der Waals surface area contributed by atoms with Gasteiger partial charge < -0.3 is 15.0 Å². The average Bonchev–Trinajstić information content (AvgIpc) is 3.01. The Kier molecular flexibility index (Phi) is 4.99. The van der Waals surface area contributed by atoms with Crippen LogP contribution < -0.4 is 5.73 Å². The lowest BCUT2D eigenvalue weighted by atomic mass is 10.0. The zero-order valence-electron chi connectivity index (χ0n) is 16.2. The van der Waals surface area contributed by atoms with Crippen LogP contribution in [0.5, 0.6) is 0 Å². The molecule has 7 heteroatoms. The molecule has 0 fully saturated rings. The first-order chi connectivity index (χ1) is 14.3. The summed E-state index contributed by atoms with van der Waals surface area (Å²) in [4.78, 5) is 12.0. The molecule has 1 heterocycles. The molecule has 2 N–H and O–H groups in total. The first-order valence-corrected chi connectivity index (χ1v) is 9.28. The third kappa shape index (κ3) is 3.52. The van der Waals surface area contributed by atoms with Crippen molar-refractivity contribution < 1.29 is 22.7 Å². The second kappa shape index (κ2) is 7.50. The normalized spacial score (nSPS) is 12.0. The minimum atomic E-state index is -4.38. The van der Waals surface area contributed by atoms with Gasteiger partial charge in [0.1, 0.15) is 0 Å². The molecule has 1 amide bonds. The molecule has 3 aromatic carbocycles. The maximum Gasteiger partial charge on any atom is 0.416 e. The quantitative estimate of drug-likeness (QED) is 0.495. The summed E-state index contributed by atoms with van der Waals surface area (Å²) in [5.74, 6) is -0.532. The molecule has 4 aromatic rings. The van der Waals surface area contributed by atoms with Crippen LogP contribution in [-0.4, -0.2) is 17.6 Å². The first-order valence-electron chi connectivity index (χ1n) is 9.28. The Bertz CT molecular complexity index is 1240. The largest absolute Gasteiger partial charge is 0.416 e. The molecule has 0 radical (unpaired) electrons. The number of aromatic nitrogens is 1. The number of carbonyl (C=O) groups excluding carboxylic acids is 1. The number of alkyl halides is 3. The molecule has 0 aliphatic heterocycles. The summed E-state index contributed by atoms with van der Waals surface area (Å²) in [6.45, 7) is 0.761.